The number of benzene rings is 1. The van der Waals surface area contributed by atoms with Crippen LogP contribution in [0.15, 0.2) is 59.9 Å². The second-order valence-corrected chi connectivity index (χ2v) is 6.15. The molecule has 0 radical (unpaired) electrons. The molecule has 0 aliphatic carbocycles. The van der Waals surface area contributed by atoms with E-state index in [9.17, 15) is 19.8 Å². The normalized spacial score (nSPS) is 21.1. The van der Waals surface area contributed by atoms with Crippen LogP contribution in [0.2, 0.25) is 0 Å². The van der Waals surface area contributed by atoms with Gasteiger partial charge in [-0.3, -0.25) is 9.59 Å². The summed E-state index contributed by atoms with van der Waals surface area (Å²) >= 11 is 0. The minimum Gasteiger partial charge on any atom is -0.508 e. The number of amides is 1. The first kappa shape index (κ1) is 18.5. The van der Waals surface area contributed by atoms with Gasteiger partial charge in [0.25, 0.3) is 5.91 Å². The third-order valence-electron chi connectivity index (χ3n) is 4.18. The zero-order valence-electron chi connectivity index (χ0n) is 14.4. The minimum absolute atomic E-state index is 0.138. The highest BCUT2D eigenvalue weighted by Crippen LogP contribution is 2.19. The van der Waals surface area contributed by atoms with Gasteiger partial charge >= 0.3 is 0 Å². The Kier molecular flexibility index (Phi) is 6.17. The van der Waals surface area contributed by atoms with Crippen LogP contribution in [-0.2, 0) is 16.0 Å². The summed E-state index contributed by atoms with van der Waals surface area (Å²) in [4.78, 5) is 24.4. The number of aliphatic hydroxyl groups is 1. The zero-order chi connectivity index (χ0) is 18.4. The van der Waals surface area contributed by atoms with E-state index in [0.717, 1.165) is 12.0 Å². The number of allylic oxidation sites excluding steroid dienone is 4. The van der Waals surface area contributed by atoms with Crippen LogP contribution >= 0.6 is 0 Å². The standard InChI is InChI=1S/C20H23NO4/c1-3-13(2)6-4-5-7-17(23)18-19(24)16(21-20(18)25)12-14-8-10-15(22)11-9-14/h4-11,13,16,22-23H,3,12H2,1-2H3,(H,21,25)/t13-,16-/m1/s1. The Morgan fingerprint density at radius 3 is 2.56 bits per heavy atom. The summed E-state index contributed by atoms with van der Waals surface area (Å²) in [6, 6.07) is 5.72. The Morgan fingerprint density at radius 2 is 1.92 bits per heavy atom. The average Bonchev–Trinajstić information content (AvgIpc) is 2.87. The van der Waals surface area contributed by atoms with Crippen LogP contribution < -0.4 is 5.32 Å². The first-order valence-electron chi connectivity index (χ1n) is 8.33. The van der Waals surface area contributed by atoms with E-state index in [0.29, 0.717) is 12.3 Å². The molecule has 1 heterocycles. The minimum atomic E-state index is -0.710. The van der Waals surface area contributed by atoms with Gasteiger partial charge in [0.2, 0.25) is 0 Å². The number of aromatic hydroxyl groups is 1. The number of hydrogen-bond acceptors (Lipinski definition) is 4. The van der Waals surface area contributed by atoms with E-state index >= 15 is 0 Å². The number of nitrogens with one attached hydrogen (secondary N) is 1. The van der Waals surface area contributed by atoms with Crippen molar-refractivity contribution >= 4 is 11.7 Å². The lowest BCUT2D eigenvalue weighted by atomic mass is 10.0. The number of phenols is 1. The van der Waals surface area contributed by atoms with E-state index in [2.05, 4.69) is 19.2 Å². The first-order valence-corrected chi connectivity index (χ1v) is 8.33. The van der Waals surface area contributed by atoms with Crippen LogP contribution in [0.3, 0.4) is 0 Å². The number of carbonyl (C=O) groups excluding carboxylic acids is 2. The van der Waals surface area contributed by atoms with E-state index in [1.165, 1.54) is 18.2 Å². The van der Waals surface area contributed by atoms with Crippen LogP contribution in [0.5, 0.6) is 5.75 Å². The van der Waals surface area contributed by atoms with Crippen LogP contribution in [0.1, 0.15) is 25.8 Å². The molecule has 0 aromatic heterocycles. The predicted octanol–water partition coefficient (Wildman–Crippen LogP) is 2.97. The fraction of sp³-hybridized carbons (Fsp3) is 0.300. The number of hydrogen-bond donors (Lipinski definition) is 3. The largest absolute Gasteiger partial charge is 0.508 e. The fourth-order valence-electron chi connectivity index (χ4n) is 2.46. The third kappa shape index (κ3) is 4.83. The van der Waals surface area contributed by atoms with Crippen molar-refractivity contribution in [2.24, 2.45) is 5.92 Å². The van der Waals surface area contributed by atoms with Crippen molar-refractivity contribution < 1.29 is 19.8 Å². The molecule has 1 saturated heterocycles. The van der Waals surface area contributed by atoms with E-state index in [-0.39, 0.29) is 17.1 Å². The van der Waals surface area contributed by atoms with Gasteiger partial charge in [0.15, 0.2) is 5.78 Å². The van der Waals surface area contributed by atoms with Crippen LogP contribution in [0.4, 0.5) is 0 Å². The Morgan fingerprint density at radius 1 is 1.24 bits per heavy atom. The third-order valence-corrected chi connectivity index (χ3v) is 4.18. The van der Waals surface area contributed by atoms with Crippen molar-refractivity contribution in [3.05, 3.63) is 65.5 Å². The van der Waals surface area contributed by atoms with Gasteiger partial charge in [-0.2, -0.15) is 0 Å². The van der Waals surface area contributed by atoms with Crippen molar-refractivity contribution in [1.82, 2.24) is 5.32 Å². The maximum atomic E-state index is 12.4. The van der Waals surface area contributed by atoms with E-state index < -0.39 is 17.7 Å². The van der Waals surface area contributed by atoms with Gasteiger partial charge < -0.3 is 15.5 Å². The highest BCUT2D eigenvalue weighted by molar-refractivity contribution is 6.27. The molecule has 5 nitrogen and oxygen atoms in total. The fourth-order valence-corrected chi connectivity index (χ4v) is 2.46. The first-order chi connectivity index (χ1) is 11.9. The molecule has 1 fully saturated rings. The molecule has 2 atom stereocenters. The number of ketones is 1. The summed E-state index contributed by atoms with van der Waals surface area (Å²) in [6.07, 6.45) is 8.06. The predicted molar refractivity (Wildman–Crippen MR) is 96.1 cm³/mol. The Labute approximate surface area is 147 Å². The topological polar surface area (TPSA) is 86.6 Å². The number of carbonyl (C=O) groups is 2. The lowest BCUT2D eigenvalue weighted by molar-refractivity contribution is -0.117. The summed E-state index contributed by atoms with van der Waals surface area (Å²) in [5, 5.41) is 22.0. The van der Waals surface area contributed by atoms with Gasteiger partial charge in [0, 0.05) is 6.42 Å². The van der Waals surface area contributed by atoms with E-state index in [1.54, 1.807) is 24.3 Å². The van der Waals surface area contributed by atoms with Crippen molar-refractivity contribution in [3.8, 4) is 5.75 Å². The second-order valence-electron chi connectivity index (χ2n) is 6.15. The van der Waals surface area contributed by atoms with Gasteiger partial charge in [0.1, 0.15) is 17.1 Å². The van der Waals surface area contributed by atoms with E-state index in [1.807, 2.05) is 6.08 Å². The number of phenolic OH excluding ortho intramolecular Hbond substituents is 1. The summed E-state index contributed by atoms with van der Waals surface area (Å²) in [5.41, 5.74) is 0.598. The summed E-state index contributed by atoms with van der Waals surface area (Å²) in [5.74, 6) is -0.762. The zero-order valence-corrected chi connectivity index (χ0v) is 14.4. The SMILES string of the molecule is CC[C@@H](C)C=CC=CC(O)=C1C(=O)N[C@H](Cc2ccc(O)cc2)C1=O. The summed E-state index contributed by atoms with van der Waals surface area (Å²) in [7, 11) is 0. The molecular formula is C20H23NO4. The monoisotopic (exact) mass is 341 g/mol. The number of aliphatic hydroxyl groups excluding tert-OH is 1. The lowest BCUT2D eigenvalue weighted by Crippen LogP contribution is -2.31. The smallest absolute Gasteiger partial charge is 0.259 e. The van der Waals surface area contributed by atoms with Crippen molar-refractivity contribution in [2.45, 2.75) is 32.7 Å². The maximum absolute atomic E-state index is 12.4. The molecular weight excluding hydrogens is 318 g/mol. The van der Waals surface area contributed by atoms with Crippen molar-refractivity contribution in [1.29, 1.82) is 0 Å². The summed E-state index contributed by atoms with van der Waals surface area (Å²) < 4.78 is 0. The van der Waals surface area contributed by atoms with Gasteiger partial charge in [-0.1, -0.05) is 50.6 Å². The number of Topliss-reactive ketones (excluding diaryl/α,β-unsaturated/α-hetero) is 1. The Bertz CT molecular complexity index is 729. The van der Waals surface area contributed by atoms with Crippen LogP contribution in [-0.4, -0.2) is 27.9 Å². The lowest BCUT2D eigenvalue weighted by Gasteiger charge is -2.07. The molecule has 0 unspecified atom stereocenters. The molecule has 5 heteroatoms. The second kappa shape index (κ2) is 8.33. The molecule has 1 aromatic carbocycles. The Balaban J connectivity index is 2.10. The average molecular weight is 341 g/mol. The summed E-state index contributed by atoms with van der Waals surface area (Å²) in [6.45, 7) is 4.15. The number of rotatable bonds is 6. The highest BCUT2D eigenvalue weighted by Gasteiger charge is 2.37. The molecule has 1 aliphatic rings. The molecule has 132 valence electrons. The molecule has 1 amide bonds. The van der Waals surface area contributed by atoms with Gasteiger partial charge in [-0.25, -0.2) is 0 Å². The Hall–Kier alpha value is -2.82. The van der Waals surface area contributed by atoms with Gasteiger partial charge in [0.05, 0.1) is 6.04 Å². The molecule has 0 spiro atoms. The van der Waals surface area contributed by atoms with Gasteiger partial charge in [-0.15, -0.1) is 0 Å². The maximum Gasteiger partial charge on any atom is 0.259 e. The molecule has 2 rings (SSSR count). The van der Waals surface area contributed by atoms with Crippen molar-refractivity contribution in [3.63, 3.8) is 0 Å². The molecule has 1 aliphatic heterocycles. The van der Waals surface area contributed by atoms with Gasteiger partial charge in [-0.05, 0) is 29.7 Å². The van der Waals surface area contributed by atoms with Crippen molar-refractivity contribution in [2.75, 3.05) is 0 Å². The van der Waals surface area contributed by atoms with Crippen LogP contribution in [0.25, 0.3) is 0 Å². The highest BCUT2D eigenvalue weighted by atomic mass is 16.3. The molecule has 1 aromatic rings. The molecule has 25 heavy (non-hydrogen) atoms. The van der Waals surface area contributed by atoms with E-state index in [4.69, 9.17) is 0 Å². The quantitative estimate of drug-likeness (QED) is 0.321. The molecule has 3 N–H and O–H groups in total. The molecule has 0 saturated carbocycles. The van der Waals surface area contributed by atoms with Crippen LogP contribution in [0, 0.1) is 5.92 Å². The molecule has 0 bridgehead atoms.